The molecule has 1 aliphatic carbocycles. The van der Waals surface area contributed by atoms with E-state index < -0.39 is 0 Å². The lowest BCUT2D eigenvalue weighted by molar-refractivity contribution is 0.507. The molecule has 1 unspecified atom stereocenters. The van der Waals surface area contributed by atoms with Gasteiger partial charge in [0.1, 0.15) is 5.52 Å². The molecular formula is C53H37N3O. The first kappa shape index (κ1) is 33.0. The van der Waals surface area contributed by atoms with Crippen LogP contribution in [0.25, 0.3) is 71.6 Å². The first-order chi connectivity index (χ1) is 28.2. The van der Waals surface area contributed by atoms with E-state index in [4.69, 9.17) is 9.40 Å². The first-order valence-electron chi connectivity index (χ1n) is 19.6. The number of hydrogen-bond donors (Lipinski definition) is 0. The molecule has 0 aliphatic heterocycles. The third kappa shape index (κ3) is 5.82. The molecule has 0 fully saturated rings. The highest BCUT2D eigenvalue weighted by Gasteiger charge is 2.20. The monoisotopic (exact) mass is 731 g/mol. The van der Waals surface area contributed by atoms with E-state index in [0.717, 1.165) is 73.6 Å². The Morgan fingerprint density at radius 1 is 0.509 bits per heavy atom. The van der Waals surface area contributed by atoms with Gasteiger partial charge in [0.15, 0.2) is 5.58 Å². The van der Waals surface area contributed by atoms with Crippen LogP contribution in [-0.4, -0.2) is 9.55 Å². The average Bonchev–Trinajstić information content (AvgIpc) is 3.88. The predicted molar refractivity (Wildman–Crippen MR) is 237 cm³/mol. The zero-order valence-electron chi connectivity index (χ0n) is 31.2. The standard InChI is InChI=1S/C53H37N3O/c1-4-12-36(13-5-1)37-22-27-43(28-23-37)55(45-31-32-47-46-18-10-11-19-50(46)56(51(47)35-45)42-16-8-3-9-17-42)44-29-24-38(25-30-44)41-21-20-39-26-33-49-52(48(39)34-41)57-53(54-49)40-14-6-2-7-15-40/h1-14,16-35,40H,15H2. The summed E-state index contributed by atoms with van der Waals surface area (Å²) < 4.78 is 8.86. The Labute approximate surface area is 330 Å². The van der Waals surface area contributed by atoms with Gasteiger partial charge in [-0.2, -0.15) is 0 Å². The molecule has 0 bridgehead atoms. The molecule has 57 heavy (non-hydrogen) atoms. The molecular weight excluding hydrogens is 695 g/mol. The Morgan fingerprint density at radius 2 is 1.14 bits per heavy atom. The molecule has 0 saturated carbocycles. The van der Waals surface area contributed by atoms with Crippen molar-refractivity contribution in [3.63, 3.8) is 0 Å². The van der Waals surface area contributed by atoms with Gasteiger partial charge in [-0.1, -0.05) is 140 Å². The van der Waals surface area contributed by atoms with Crippen LogP contribution in [0, 0.1) is 0 Å². The number of nitrogens with zero attached hydrogens (tertiary/aromatic N) is 3. The lowest BCUT2D eigenvalue weighted by Gasteiger charge is -2.26. The number of rotatable bonds is 7. The minimum Gasteiger partial charge on any atom is -0.439 e. The van der Waals surface area contributed by atoms with Crippen LogP contribution in [0.4, 0.5) is 17.1 Å². The van der Waals surface area contributed by atoms with Gasteiger partial charge in [-0.25, -0.2) is 4.98 Å². The summed E-state index contributed by atoms with van der Waals surface area (Å²) in [6.45, 7) is 0. The quantitative estimate of drug-likeness (QED) is 0.164. The number of oxazole rings is 1. The molecule has 10 aromatic rings. The van der Waals surface area contributed by atoms with Gasteiger partial charge in [0.2, 0.25) is 5.89 Å². The molecule has 0 N–H and O–H groups in total. The second-order valence-electron chi connectivity index (χ2n) is 14.7. The van der Waals surface area contributed by atoms with Gasteiger partial charge in [0.05, 0.1) is 17.0 Å². The largest absolute Gasteiger partial charge is 0.439 e. The van der Waals surface area contributed by atoms with Crippen molar-refractivity contribution in [3.8, 4) is 27.9 Å². The summed E-state index contributed by atoms with van der Waals surface area (Å²) >= 11 is 0. The predicted octanol–water partition coefficient (Wildman–Crippen LogP) is 14.5. The van der Waals surface area contributed by atoms with Gasteiger partial charge < -0.3 is 13.9 Å². The first-order valence-corrected chi connectivity index (χ1v) is 19.6. The number of aromatic nitrogens is 2. The number of para-hydroxylation sites is 2. The fraction of sp³-hybridized carbons (Fsp3) is 0.0377. The fourth-order valence-corrected chi connectivity index (χ4v) is 8.46. The molecule has 2 aromatic heterocycles. The summed E-state index contributed by atoms with van der Waals surface area (Å²) in [5.74, 6) is 0.931. The Bertz CT molecular complexity index is 3140. The zero-order chi connectivity index (χ0) is 37.7. The molecule has 0 radical (unpaired) electrons. The van der Waals surface area contributed by atoms with E-state index >= 15 is 0 Å². The molecule has 4 heteroatoms. The van der Waals surface area contributed by atoms with Crippen molar-refractivity contribution >= 4 is 60.7 Å². The molecule has 0 saturated heterocycles. The van der Waals surface area contributed by atoms with E-state index in [1.807, 2.05) is 0 Å². The van der Waals surface area contributed by atoms with Crippen LogP contribution in [0.3, 0.4) is 0 Å². The molecule has 1 aliphatic rings. The maximum Gasteiger partial charge on any atom is 0.202 e. The van der Waals surface area contributed by atoms with Gasteiger partial charge >= 0.3 is 0 Å². The van der Waals surface area contributed by atoms with Crippen molar-refractivity contribution < 1.29 is 4.42 Å². The number of allylic oxidation sites excluding steroid dienone is 4. The highest BCUT2D eigenvalue weighted by Crippen LogP contribution is 2.41. The average molecular weight is 732 g/mol. The molecule has 8 aromatic carbocycles. The number of hydrogen-bond acceptors (Lipinski definition) is 3. The van der Waals surface area contributed by atoms with E-state index in [-0.39, 0.29) is 5.92 Å². The normalized spacial score (nSPS) is 13.9. The summed E-state index contributed by atoms with van der Waals surface area (Å²) in [6, 6.07) is 65.4. The summed E-state index contributed by atoms with van der Waals surface area (Å²) in [7, 11) is 0. The van der Waals surface area contributed by atoms with Gasteiger partial charge in [-0.05, 0) is 101 Å². The van der Waals surface area contributed by atoms with Crippen LogP contribution in [-0.2, 0) is 0 Å². The number of benzene rings is 8. The van der Waals surface area contributed by atoms with Crippen molar-refractivity contribution in [2.45, 2.75) is 12.3 Å². The minimum absolute atomic E-state index is 0.160. The van der Waals surface area contributed by atoms with E-state index in [1.165, 1.54) is 27.4 Å². The van der Waals surface area contributed by atoms with Crippen LogP contribution in [0.2, 0.25) is 0 Å². The SMILES string of the molecule is C1=CCC(c2nc3ccc4ccc(-c5ccc(N(c6ccc(-c7ccccc7)cc6)c6ccc7c8ccccc8n(-c8ccccc8)c7c6)cc5)cc4c3o2)C=C1. The van der Waals surface area contributed by atoms with Crippen LogP contribution < -0.4 is 4.90 Å². The highest BCUT2D eigenvalue weighted by molar-refractivity contribution is 6.10. The van der Waals surface area contributed by atoms with E-state index in [2.05, 4.69) is 216 Å². The van der Waals surface area contributed by atoms with Crippen molar-refractivity contribution in [1.82, 2.24) is 9.55 Å². The molecule has 11 rings (SSSR count). The van der Waals surface area contributed by atoms with Crippen molar-refractivity contribution in [3.05, 3.63) is 212 Å². The second kappa shape index (κ2) is 13.7. The van der Waals surface area contributed by atoms with E-state index in [0.29, 0.717) is 0 Å². The Morgan fingerprint density at radius 3 is 1.89 bits per heavy atom. The molecule has 0 amide bonds. The zero-order valence-corrected chi connectivity index (χ0v) is 31.2. The third-order valence-electron chi connectivity index (χ3n) is 11.3. The topological polar surface area (TPSA) is 34.2 Å². The van der Waals surface area contributed by atoms with Crippen LogP contribution >= 0.6 is 0 Å². The van der Waals surface area contributed by atoms with Crippen LogP contribution in [0.5, 0.6) is 0 Å². The van der Waals surface area contributed by atoms with Crippen molar-refractivity contribution in [2.24, 2.45) is 0 Å². The van der Waals surface area contributed by atoms with E-state index in [1.54, 1.807) is 0 Å². The van der Waals surface area contributed by atoms with Crippen LogP contribution in [0.1, 0.15) is 18.2 Å². The number of anilines is 3. The van der Waals surface area contributed by atoms with E-state index in [9.17, 15) is 0 Å². The maximum absolute atomic E-state index is 6.48. The fourth-order valence-electron chi connectivity index (χ4n) is 8.46. The maximum atomic E-state index is 6.48. The lowest BCUT2D eigenvalue weighted by atomic mass is 10.00. The Hall–Kier alpha value is -7.43. The molecule has 2 heterocycles. The van der Waals surface area contributed by atoms with Crippen molar-refractivity contribution in [1.29, 1.82) is 0 Å². The second-order valence-corrected chi connectivity index (χ2v) is 14.7. The Kier molecular flexibility index (Phi) is 7.92. The summed E-state index contributed by atoms with van der Waals surface area (Å²) in [5, 5.41) is 4.68. The smallest absolute Gasteiger partial charge is 0.202 e. The summed E-state index contributed by atoms with van der Waals surface area (Å²) in [6.07, 6.45) is 9.40. The number of fused-ring (bicyclic) bond motifs is 6. The van der Waals surface area contributed by atoms with Crippen molar-refractivity contribution in [2.75, 3.05) is 4.90 Å². The molecule has 1 atom stereocenters. The van der Waals surface area contributed by atoms with Gasteiger partial charge in [-0.15, -0.1) is 0 Å². The lowest BCUT2D eigenvalue weighted by Crippen LogP contribution is -2.10. The minimum atomic E-state index is 0.160. The Balaban J connectivity index is 1.02. The summed E-state index contributed by atoms with van der Waals surface area (Å²) in [5.41, 5.74) is 13.1. The van der Waals surface area contributed by atoms with Gasteiger partial charge in [-0.3, -0.25) is 0 Å². The van der Waals surface area contributed by atoms with Gasteiger partial charge in [0.25, 0.3) is 0 Å². The molecule has 270 valence electrons. The molecule has 4 nitrogen and oxygen atoms in total. The highest BCUT2D eigenvalue weighted by atomic mass is 16.3. The summed E-state index contributed by atoms with van der Waals surface area (Å²) in [4.78, 5) is 7.26. The van der Waals surface area contributed by atoms with Crippen LogP contribution in [0.15, 0.2) is 211 Å². The third-order valence-corrected chi connectivity index (χ3v) is 11.3. The molecule has 0 spiro atoms. The van der Waals surface area contributed by atoms with Gasteiger partial charge in [0, 0.05) is 38.9 Å².